The van der Waals surface area contributed by atoms with Crippen LogP contribution in [0.2, 0.25) is 5.02 Å². The molecular formula is C25H18ClN5OS. The number of hydrogen-bond acceptors (Lipinski definition) is 5. The van der Waals surface area contributed by atoms with Gasteiger partial charge in [-0.3, -0.25) is 4.79 Å². The minimum absolute atomic E-state index is 0.111. The Morgan fingerprint density at radius 1 is 0.939 bits per heavy atom. The molecule has 0 saturated carbocycles. The van der Waals surface area contributed by atoms with Crippen molar-refractivity contribution in [3.05, 3.63) is 96.4 Å². The van der Waals surface area contributed by atoms with E-state index in [0.717, 1.165) is 27.9 Å². The number of para-hydroxylation sites is 1. The second-order valence-corrected chi connectivity index (χ2v) is 8.60. The lowest BCUT2D eigenvalue weighted by atomic mass is 10.0. The summed E-state index contributed by atoms with van der Waals surface area (Å²) in [5, 5.41) is 9.62. The average molecular weight is 472 g/mol. The monoisotopic (exact) mass is 471 g/mol. The maximum atomic E-state index is 12.8. The maximum Gasteiger partial charge on any atom is 0.234 e. The summed E-state index contributed by atoms with van der Waals surface area (Å²) < 4.78 is 1.73. The normalized spacial score (nSPS) is 10.9. The van der Waals surface area contributed by atoms with Gasteiger partial charge in [-0.2, -0.15) is 5.10 Å². The van der Waals surface area contributed by atoms with Gasteiger partial charge in [-0.05, 0) is 35.9 Å². The molecule has 5 rings (SSSR count). The van der Waals surface area contributed by atoms with Gasteiger partial charge in [0.15, 0.2) is 5.65 Å². The Morgan fingerprint density at radius 3 is 2.52 bits per heavy atom. The molecule has 1 amide bonds. The van der Waals surface area contributed by atoms with E-state index >= 15 is 0 Å². The summed E-state index contributed by atoms with van der Waals surface area (Å²) in [6.07, 6.45) is 3.20. The van der Waals surface area contributed by atoms with Crippen molar-refractivity contribution in [2.45, 2.75) is 5.03 Å². The van der Waals surface area contributed by atoms with E-state index in [-0.39, 0.29) is 11.7 Å². The molecule has 0 fully saturated rings. The first-order chi connectivity index (χ1) is 16.2. The molecule has 5 aromatic rings. The van der Waals surface area contributed by atoms with Crippen LogP contribution in [0.15, 0.2) is 96.4 Å². The molecule has 0 bridgehead atoms. The molecule has 0 radical (unpaired) electrons. The fraction of sp³-hybridized carbons (Fsp3) is 0.0400. The van der Waals surface area contributed by atoms with Crippen LogP contribution in [0.5, 0.6) is 0 Å². The van der Waals surface area contributed by atoms with Gasteiger partial charge in [0.1, 0.15) is 11.4 Å². The van der Waals surface area contributed by atoms with Gasteiger partial charge in [0.25, 0.3) is 0 Å². The molecule has 0 unspecified atom stereocenters. The molecule has 0 spiro atoms. The quantitative estimate of drug-likeness (QED) is 0.248. The van der Waals surface area contributed by atoms with E-state index in [1.54, 1.807) is 23.0 Å². The predicted octanol–water partition coefficient (Wildman–Crippen LogP) is 5.87. The number of nitrogens with zero attached hydrogens (tertiary/aromatic N) is 4. The van der Waals surface area contributed by atoms with E-state index in [9.17, 15) is 4.79 Å². The molecule has 2 heterocycles. The number of aromatic nitrogens is 4. The summed E-state index contributed by atoms with van der Waals surface area (Å²) in [7, 11) is 0. The minimum Gasteiger partial charge on any atom is -0.325 e. The summed E-state index contributed by atoms with van der Waals surface area (Å²) in [4.78, 5) is 21.5. The van der Waals surface area contributed by atoms with E-state index in [0.29, 0.717) is 15.7 Å². The van der Waals surface area contributed by atoms with Crippen molar-refractivity contribution in [1.29, 1.82) is 0 Å². The zero-order chi connectivity index (χ0) is 22.6. The van der Waals surface area contributed by atoms with Gasteiger partial charge in [0, 0.05) is 16.3 Å². The van der Waals surface area contributed by atoms with Crippen molar-refractivity contribution < 1.29 is 4.79 Å². The van der Waals surface area contributed by atoms with Crippen molar-refractivity contribution in [2.75, 3.05) is 11.1 Å². The first-order valence-corrected chi connectivity index (χ1v) is 11.6. The lowest BCUT2D eigenvalue weighted by molar-refractivity contribution is -0.113. The molecule has 1 N–H and O–H groups in total. The molecule has 8 heteroatoms. The second kappa shape index (κ2) is 9.44. The molecule has 0 aliphatic heterocycles. The summed E-state index contributed by atoms with van der Waals surface area (Å²) in [5.74, 6) is 0.0988. The fourth-order valence-corrected chi connectivity index (χ4v) is 4.38. The molecule has 0 aliphatic rings. The number of carbonyl (C=O) groups excluding carboxylic acids is 1. The number of carbonyl (C=O) groups is 1. The zero-order valence-electron chi connectivity index (χ0n) is 17.4. The van der Waals surface area contributed by atoms with Gasteiger partial charge in [-0.15, -0.1) is 0 Å². The van der Waals surface area contributed by atoms with Crippen LogP contribution in [0.3, 0.4) is 0 Å². The molecular weight excluding hydrogens is 454 g/mol. The Morgan fingerprint density at radius 2 is 1.70 bits per heavy atom. The molecule has 0 aliphatic carbocycles. The van der Waals surface area contributed by atoms with Crippen LogP contribution < -0.4 is 5.32 Å². The van der Waals surface area contributed by atoms with Gasteiger partial charge in [0.2, 0.25) is 5.91 Å². The molecule has 2 aromatic heterocycles. The smallest absolute Gasteiger partial charge is 0.234 e. The number of hydrogen-bond donors (Lipinski definition) is 1. The van der Waals surface area contributed by atoms with Crippen LogP contribution in [-0.4, -0.2) is 31.4 Å². The van der Waals surface area contributed by atoms with Gasteiger partial charge < -0.3 is 5.32 Å². The van der Waals surface area contributed by atoms with Gasteiger partial charge in [-0.1, -0.05) is 71.9 Å². The number of rotatable bonds is 6. The van der Waals surface area contributed by atoms with Crippen molar-refractivity contribution in [1.82, 2.24) is 19.7 Å². The van der Waals surface area contributed by atoms with Crippen molar-refractivity contribution >= 4 is 46.0 Å². The lowest BCUT2D eigenvalue weighted by Crippen LogP contribution is -2.14. The Hall–Kier alpha value is -3.68. The topological polar surface area (TPSA) is 72.7 Å². The summed E-state index contributed by atoms with van der Waals surface area (Å²) in [6.45, 7) is 0. The Labute approximate surface area is 199 Å². The second-order valence-electron chi connectivity index (χ2n) is 7.20. The molecule has 33 heavy (non-hydrogen) atoms. The number of halogens is 1. The fourth-order valence-electron chi connectivity index (χ4n) is 3.49. The van der Waals surface area contributed by atoms with E-state index in [2.05, 4.69) is 20.4 Å². The lowest BCUT2D eigenvalue weighted by Gasteiger charge is -2.11. The van der Waals surface area contributed by atoms with E-state index in [1.807, 2.05) is 66.7 Å². The number of thioether (sulfide) groups is 1. The standard InChI is InChI=1S/C25H18ClN5OS/c26-18-10-12-19(13-11-18)31-24-21(14-29-31)25(28-16-27-24)33-15-23(32)30-22-9-5-4-8-20(22)17-6-2-1-3-7-17/h1-14,16H,15H2,(H,30,32). The number of amides is 1. The molecule has 6 nitrogen and oxygen atoms in total. The first kappa shape index (κ1) is 21.2. The van der Waals surface area contributed by atoms with Gasteiger partial charge in [-0.25, -0.2) is 14.6 Å². The number of anilines is 1. The van der Waals surface area contributed by atoms with Crippen LogP contribution in [-0.2, 0) is 4.79 Å². The highest BCUT2D eigenvalue weighted by Gasteiger charge is 2.14. The third-order valence-corrected chi connectivity index (χ3v) is 6.28. The third kappa shape index (κ3) is 4.60. The van der Waals surface area contributed by atoms with Crippen LogP contribution in [0.1, 0.15) is 0 Å². The highest BCUT2D eigenvalue weighted by Crippen LogP contribution is 2.29. The Balaban J connectivity index is 1.33. The minimum atomic E-state index is -0.111. The van der Waals surface area contributed by atoms with Crippen molar-refractivity contribution in [2.24, 2.45) is 0 Å². The zero-order valence-corrected chi connectivity index (χ0v) is 18.9. The summed E-state index contributed by atoms with van der Waals surface area (Å²) in [5.41, 5.74) is 4.32. The Bertz CT molecular complexity index is 1420. The van der Waals surface area contributed by atoms with E-state index in [1.165, 1.54) is 18.1 Å². The predicted molar refractivity (Wildman–Crippen MR) is 133 cm³/mol. The molecule has 162 valence electrons. The summed E-state index contributed by atoms with van der Waals surface area (Å²) >= 11 is 7.35. The van der Waals surface area contributed by atoms with E-state index < -0.39 is 0 Å². The van der Waals surface area contributed by atoms with Crippen molar-refractivity contribution in [3.8, 4) is 16.8 Å². The summed E-state index contributed by atoms with van der Waals surface area (Å²) in [6, 6.07) is 25.1. The average Bonchev–Trinajstić information content (AvgIpc) is 3.29. The first-order valence-electron chi connectivity index (χ1n) is 10.2. The molecule has 0 saturated heterocycles. The van der Waals surface area contributed by atoms with Gasteiger partial charge in [0.05, 0.1) is 23.0 Å². The largest absolute Gasteiger partial charge is 0.325 e. The number of benzene rings is 3. The van der Waals surface area contributed by atoms with Gasteiger partial charge >= 0.3 is 0 Å². The molecule has 0 atom stereocenters. The van der Waals surface area contributed by atoms with E-state index in [4.69, 9.17) is 11.6 Å². The van der Waals surface area contributed by atoms with Crippen LogP contribution in [0.4, 0.5) is 5.69 Å². The highest BCUT2D eigenvalue weighted by molar-refractivity contribution is 8.00. The molecule has 3 aromatic carbocycles. The van der Waals surface area contributed by atoms with Crippen LogP contribution >= 0.6 is 23.4 Å². The Kier molecular flexibility index (Phi) is 6.06. The SMILES string of the molecule is O=C(CSc1ncnc2c1cnn2-c1ccc(Cl)cc1)Nc1ccccc1-c1ccccc1. The number of nitrogens with one attached hydrogen (secondary N) is 1. The van der Waals surface area contributed by atoms with Crippen LogP contribution in [0, 0.1) is 0 Å². The third-order valence-electron chi connectivity index (χ3n) is 5.03. The number of fused-ring (bicyclic) bond motifs is 1. The maximum absolute atomic E-state index is 12.8. The highest BCUT2D eigenvalue weighted by atomic mass is 35.5. The van der Waals surface area contributed by atoms with Crippen molar-refractivity contribution in [3.63, 3.8) is 0 Å². The van der Waals surface area contributed by atoms with Crippen LogP contribution in [0.25, 0.3) is 27.8 Å².